The second-order valence-corrected chi connectivity index (χ2v) is 4.10. The molecule has 0 aromatic heterocycles. The van der Waals surface area contributed by atoms with Crippen molar-refractivity contribution in [3.63, 3.8) is 0 Å². The zero-order valence-electron chi connectivity index (χ0n) is 10.1. The summed E-state index contributed by atoms with van der Waals surface area (Å²) in [6.45, 7) is 0.639. The number of carbonyl (C=O) groups excluding carboxylic acids is 1. The number of alkyl halides is 6. The van der Waals surface area contributed by atoms with Gasteiger partial charge in [-0.15, -0.1) is 0 Å². The Kier molecular flexibility index (Phi) is 4.60. The third-order valence-electron chi connectivity index (χ3n) is 2.64. The summed E-state index contributed by atoms with van der Waals surface area (Å²) >= 11 is 0. The van der Waals surface area contributed by atoms with Crippen LogP contribution < -0.4 is 0 Å². The van der Waals surface area contributed by atoms with Gasteiger partial charge in [-0.25, -0.2) is 9.79 Å². The Morgan fingerprint density at radius 3 is 1.90 bits per heavy atom. The lowest BCUT2D eigenvalue weighted by Crippen LogP contribution is -2.19. The summed E-state index contributed by atoms with van der Waals surface area (Å²) in [4.78, 5) is 13.0. The van der Waals surface area contributed by atoms with E-state index in [9.17, 15) is 31.1 Å². The van der Waals surface area contributed by atoms with Crippen LogP contribution in [0.3, 0.4) is 0 Å². The topological polar surface area (TPSA) is 29.4 Å². The van der Waals surface area contributed by atoms with Gasteiger partial charge in [-0.05, 0) is 17.7 Å². The highest BCUT2D eigenvalue weighted by Gasteiger charge is 2.41. The molecule has 0 saturated heterocycles. The molecule has 8 heteroatoms. The molecule has 0 fully saturated rings. The standard InChI is InChI=1S/C12H9F6NO/c1-7(5-19-6-20)10-8(11(13,14)15)3-2-4-9(10)12(16,17)18/h2-4,7H,5H2,1H3. The maximum Gasteiger partial charge on any atom is 0.416 e. The highest BCUT2D eigenvalue weighted by molar-refractivity contribution is 5.42. The summed E-state index contributed by atoms with van der Waals surface area (Å²) in [5.41, 5.74) is -3.66. The molecule has 1 aromatic carbocycles. The molecule has 1 rings (SSSR count). The lowest BCUT2D eigenvalue weighted by molar-refractivity contribution is -0.144. The molecule has 0 aliphatic carbocycles. The average Bonchev–Trinajstić information content (AvgIpc) is 2.32. The molecule has 0 N–H and O–H groups in total. The molecule has 1 atom stereocenters. The first-order chi connectivity index (χ1) is 9.09. The summed E-state index contributed by atoms with van der Waals surface area (Å²) in [5, 5.41) is 0. The summed E-state index contributed by atoms with van der Waals surface area (Å²) in [5.74, 6) is -1.22. The third kappa shape index (κ3) is 3.60. The number of aliphatic imine (C=N–C) groups is 1. The fourth-order valence-electron chi connectivity index (χ4n) is 1.86. The SMILES string of the molecule is CC(CN=C=O)c1c(C(F)(F)F)cccc1C(F)(F)F. The molecule has 20 heavy (non-hydrogen) atoms. The van der Waals surface area contributed by atoms with Crippen molar-refractivity contribution >= 4 is 6.08 Å². The molecule has 0 spiro atoms. The molecule has 0 saturated carbocycles. The molecule has 0 aliphatic heterocycles. The monoisotopic (exact) mass is 297 g/mol. The molecule has 0 heterocycles. The lowest BCUT2D eigenvalue weighted by Gasteiger charge is -2.22. The number of halogens is 6. The number of isocyanates is 1. The molecule has 1 unspecified atom stereocenters. The van der Waals surface area contributed by atoms with Crippen LogP contribution in [-0.2, 0) is 17.1 Å². The molecule has 0 aliphatic rings. The van der Waals surface area contributed by atoms with Crippen LogP contribution >= 0.6 is 0 Å². The van der Waals surface area contributed by atoms with Gasteiger partial charge in [0.25, 0.3) is 0 Å². The van der Waals surface area contributed by atoms with Gasteiger partial charge in [0, 0.05) is 5.92 Å². The van der Waals surface area contributed by atoms with E-state index in [0.29, 0.717) is 18.2 Å². The number of hydrogen-bond acceptors (Lipinski definition) is 2. The number of rotatable bonds is 3. The smallest absolute Gasteiger partial charge is 0.211 e. The Hall–Kier alpha value is -1.82. The maximum atomic E-state index is 12.8. The van der Waals surface area contributed by atoms with Crippen molar-refractivity contribution in [3.05, 3.63) is 34.9 Å². The van der Waals surface area contributed by atoms with Gasteiger partial charge in [0.15, 0.2) is 0 Å². The van der Waals surface area contributed by atoms with Gasteiger partial charge in [-0.3, -0.25) is 0 Å². The van der Waals surface area contributed by atoms with Crippen molar-refractivity contribution in [1.82, 2.24) is 0 Å². The summed E-state index contributed by atoms with van der Waals surface area (Å²) < 4.78 is 76.9. The first-order valence-corrected chi connectivity index (χ1v) is 5.40. The van der Waals surface area contributed by atoms with E-state index >= 15 is 0 Å². The van der Waals surface area contributed by atoms with E-state index in [1.807, 2.05) is 0 Å². The van der Waals surface area contributed by atoms with E-state index in [4.69, 9.17) is 0 Å². The van der Waals surface area contributed by atoms with E-state index in [0.717, 1.165) is 13.0 Å². The van der Waals surface area contributed by atoms with E-state index in [2.05, 4.69) is 4.99 Å². The normalized spacial score (nSPS) is 13.8. The van der Waals surface area contributed by atoms with Crippen molar-refractivity contribution < 1.29 is 31.1 Å². The molecule has 1 aromatic rings. The van der Waals surface area contributed by atoms with Gasteiger partial charge in [-0.2, -0.15) is 26.3 Å². The minimum absolute atomic E-state index is 0.500. The van der Waals surface area contributed by atoms with Crippen LogP contribution in [0.5, 0.6) is 0 Å². The van der Waals surface area contributed by atoms with Crippen molar-refractivity contribution in [1.29, 1.82) is 0 Å². The summed E-state index contributed by atoms with van der Waals surface area (Å²) in [6.07, 6.45) is -8.74. The second kappa shape index (κ2) is 5.66. The lowest BCUT2D eigenvalue weighted by atomic mass is 9.90. The van der Waals surface area contributed by atoms with Crippen molar-refractivity contribution in [3.8, 4) is 0 Å². The van der Waals surface area contributed by atoms with E-state index < -0.39 is 41.5 Å². The Balaban J connectivity index is 3.52. The summed E-state index contributed by atoms with van der Waals surface area (Å²) in [6, 6.07) is 1.85. The van der Waals surface area contributed by atoms with Crippen LogP contribution in [0.25, 0.3) is 0 Å². The maximum absolute atomic E-state index is 12.8. The van der Waals surface area contributed by atoms with Gasteiger partial charge in [0.05, 0.1) is 17.7 Å². The Bertz CT molecular complexity index is 495. The van der Waals surface area contributed by atoms with E-state index in [1.54, 1.807) is 0 Å². The van der Waals surface area contributed by atoms with E-state index in [-0.39, 0.29) is 0 Å². The third-order valence-corrected chi connectivity index (χ3v) is 2.64. The molecule has 110 valence electrons. The Morgan fingerprint density at radius 1 is 1.10 bits per heavy atom. The van der Waals surface area contributed by atoms with Gasteiger partial charge in [0.1, 0.15) is 0 Å². The van der Waals surface area contributed by atoms with Crippen LogP contribution in [0.15, 0.2) is 23.2 Å². The van der Waals surface area contributed by atoms with Gasteiger partial charge < -0.3 is 0 Å². The van der Waals surface area contributed by atoms with Crippen molar-refractivity contribution in [2.45, 2.75) is 25.2 Å². The molecular formula is C12H9F6NO. The summed E-state index contributed by atoms with van der Waals surface area (Å²) in [7, 11) is 0. The molecular weight excluding hydrogens is 288 g/mol. The van der Waals surface area contributed by atoms with Crippen LogP contribution in [0.1, 0.15) is 29.5 Å². The fourth-order valence-corrected chi connectivity index (χ4v) is 1.86. The molecule has 2 nitrogen and oxygen atoms in total. The Morgan fingerprint density at radius 2 is 1.55 bits per heavy atom. The zero-order valence-corrected chi connectivity index (χ0v) is 10.1. The second-order valence-electron chi connectivity index (χ2n) is 4.10. The molecule has 0 amide bonds. The van der Waals surface area contributed by atoms with Gasteiger partial charge >= 0.3 is 12.4 Å². The zero-order chi connectivity index (χ0) is 15.6. The minimum Gasteiger partial charge on any atom is -0.211 e. The first-order valence-electron chi connectivity index (χ1n) is 5.40. The average molecular weight is 297 g/mol. The highest BCUT2D eigenvalue weighted by atomic mass is 19.4. The largest absolute Gasteiger partial charge is 0.416 e. The first kappa shape index (κ1) is 16.2. The van der Waals surface area contributed by atoms with Crippen molar-refractivity contribution in [2.24, 2.45) is 4.99 Å². The van der Waals surface area contributed by atoms with Crippen LogP contribution in [-0.4, -0.2) is 12.6 Å². The number of nitrogens with zero attached hydrogens (tertiary/aromatic N) is 1. The quantitative estimate of drug-likeness (QED) is 0.468. The highest BCUT2D eigenvalue weighted by Crippen LogP contribution is 2.42. The van der Waals surface area contributed by atoms with Gasteiger partial charge in [-0.1, -0.05) is 13.0 Å². The fraction of sp³-hybridized carbons (Fsp3) is 0.417. The van der Waals surface area contributed by atoms with Crippen molar-refractivity contribution in [2.75, 3.05) is 6.54 Å². The predicted octanol–water partition coefficient (Wildman–Crippen LogP) is 4.16. The van der Waals surface area contributed by atoms with Crippen LogP contribution in [0.4, 0.5) is 26.3 Å². The number of benzene rings is 1. The molecule has 0 bridgehead atoms. The molecule has 0 radical (unpaired) electrons. The number of hydrogen-bond donors (Lipinski definition) is 0. The van der Waals surface area contributed by atoms with Crippen LogP contribution in [0.2, 0.25) is 0 Å². The van der Waals surface area contributed by atoms with E-state index in [1.165, 1.54) is 0 Å². The Labute approximate surface area is 110 Å². The predicted molar refractivity (Wildman–Crippen MR) is 57.8 cm³/mol. The van der Waals surface area contributed by atoms with Crippen LogP contribution in [0, 0.1) is 0 Å². The van der Waals surface area contributed by atoms with Gasteiger partial charge in [0.2, 0.25) is 6.08 Å². The minimum atomic E-state index is -4.92.